The fourth-order valence-electron chi connectivity index (χ4n) is 2.28. The van der Waals surface area contributed by atoms with Crippen molar-refractivity contribution in [2.24, 2.45) is 5.73 Å². The Bertz CT molecular complexity index is 964. The number of rotatable bonds is 4. The lowest BCUT2D eigenvalue weighted by molar-refractivity contribution is -0.116. The van der Waals surface area contributed by atoms with Gasteiger partial charge in [0.05, 0.1) is 11.1 Å². The Morgan fingerprint density at radius 2 is 1.92 bits per heavy atom. The molecule has 1 aliphatic heterocycles. The van der Waals surface area contributed by atoms with E-state index in [9.17, 15) is 22.8 Å². The van der Waals surface area contributed by atoms with Crippen LogP contribution in [0.2, 0.25) is 0 Å². The van der Waals surface area contributed by atoms with Gasteiger partial charge in [-0.1, -0.05) is 12.1 Å². The van der Waals surface area contributed by atoms with Gasteiger partial charge in [0.25, 0.3) is 21.8 Å². The third-order valence-corrected chi connectivity index (χ3v) is 6.00. The lowest BCUT2D eigenvalue weighted by Crippen LogP contribution is -2.37. The largest absolute Gasteiger partial charge is 0.366 e. The van der Waals surface area contributed by atoms with Crippen molar-refractivity contribution in [3.05, 3.63) is 46.8 Å². The van der Waals surface area contributed by atoms with Gasteiger partial charge in [0, 0.05) is 0 Å². The molecule has 3 N–H and O–H groups in total. The van der Waals surface area contributed by atoms with E-state index in [1.165, 1.54) is 24.3 Å². The summed E-state index contributed by atoms with van der Waals surface area (Å²) in [7, 11) is -4.06. The number of nitrogens with two attached hydrogens (primary N) is 1. The SMILES string of the molecule is NC(=O)c1ccsc1NC(=O)CN1C(=O)c2ccccc2S1(=O)=O. The summed E-state index contributed by atoms with van der Waals surface area (Å²) in [4.78, 5) is 35.4. The van der Waals surface area contributed by atoms with E-state index in [-0.39, 0.29) is 21.0 Å². The van der Waals surface area contributed by atoms with E-state index in [2.05, 4.69) is 5.32 Å². The molecule has 0 fully saturated rings. The molecule has 2 heterocycles. The first-order chi connectivity index (χ1) is 11.3. The second kappa shape index (κ2) is 5.73. The van der Waals surface area contributed by atoms with E-state index < -0.39 is 34.3 Å². The molecule has 0 bridgehead atoms. The van der Waals surface area contributed by atoms with Crippen LogP contribution in [0.15, 0.2) is 40.6 Å². The number of benzene rings is 1. The third kappa shape index (κ3) is 2.55. The second-order valence-corrected chi connectivity index (χ2v) is 7.64. The Hall–Kier alpha value is -2.72. The number of sulfonamides is 1. The van der Waals surface area contributed by atoms with Gasteiger partial charge in [-0.3, -0.25) is 14.4 Å². The van der Waals surface area contributed by atoms with Gasteiger partial charge in [0.15, 0.2) is 0 Å². The highest BCUT2D eigenvalue weighted by Crippen LogP contribution is 2.30. The summed E-state index contributed by atoms with van der Waals surface area (Å²) in [6.07, 6.45) is 0. The molecule has 0 saturated heterocycles. The molecule has 0 aliphatic carbocycles. The van der Waals surface area contributed by atoms with Crippen molar-refractivity contribution in [2.75, 3.05) is 11.9 Å². The molecule has 0 radical (unpaired) electrons. The smallest absolute Gasteiger partial charge is 0.269 e. The molecule has 1 aromatic carbocycles. The average molecular weight is 365 g/mol. The van der Waals surface area contributed by atoms with Crippen molar-refractivity contribution in [3.8, 4) is 0 Å². The van der Waals surface area contributed by atoms with Crippen molar-refractivity contribution in [1.82, 2.24) is 4.31 Å². The monoisotopic (exact) mass is 365 g/mol. The van der Waals surface area contributed by atoms with Crippen LogP contribution < -0.4 is 11.1 Å². The summed E-state index contributed by atoms with van der Waals surface area (Å²) in [5.41, 5.74) is 5.32. The molecule has 3 rings (SSSR count). The zero-order valence-corrected chi connectivity index (χ0v) is 13.7. The predicted octanol–water partition coefficient (Wildman–Crippen LogP) is 0.630. The van der Waals surface area contributed by atoms with Gasteiger partial charge in [0.1, 0.15) is 16.4 Å². The topological polar surface area (TPSA) is 127 Å². The van der Waals surface area contributed by atoms with Crippen LogP contribution in [0.5, 0.6) is 0 Å². The first-order valence-corrected chi connectivity index (χ1v) is 8.97. The number of carbonyl (C=O) groups excluding carboxylic acids is 3. The number of amides is 3. The number of anilines is 1. The van der Waals surface area contributed by atoms with E-state index in [1.807, 2.05) is 0 Å². The summed E-state index contributed by atoms with van der Waals surface area (Å²) in [6, 6.07) is 7.18. The van der Waals surface area contributed by atoms with E-state index in [4.69, 9.17) is 5.73 Å². The average Bonchev–Trinajstić information content (AvgIpc) is 3.06. The summed E-state index contributed by atoms with van der Waals surface area (Å²) < 4.78 is 25.2. The van der Waals surface area contributed by atoms with Crippen molar-refractivity contribution in [2.45, 2.75) is 4.90 Å². The molecule has 10 heteroatoms. The van der Waals surface area contributed by atoms with Crippen LogP contribution in [0, 0.1) is 0 Å². The maximum atomic E-state index is 12.4. The zero-order valence-electron chi connectivity index (χ0n) is 12.1. The van der Waals surface area contributed by atoms with Gasteiger partial charge in [-0.25, -0.2) is 12.7 Å². The highest BCUT2D eigenvalue weighted by Gasteiger charge is 2.41. The van der Waals surface area contributed by atoms with Crippen LogP contribution >= 0.6 is 11.3 Å². The van der Waals surface area contributed by atoms with Crippen LogP contribution in [0.3, 0.4) is 0 Å². The number of carbonyl (C=O) groups is 3. The maximum Gasteiger partial charge on any atom is 0.269 e. The standard InChI is InChI=1S/C14H11N3O5S2/c15-12(19)9-5-6-23-13(9)16-11(18)7-17-14(20)8-3-1-2-4-10(8)24(17,21)22/h1-6H,7H2,(H2,15,19)(H,16,18). The Morgan fingerprint density at radius 1 is 1.21 bits per heavy atom. The van der Waals surface area contributed by atoms with Crippen LogP contribution in [0.25, 0.3) is 0 Å². The number of hydrogen-bond donors (Lipinski definition) is 2. The highest BCUT2D eigenvalue weighted by molar-refractivity contribution is 7.90. The number of thiophene rings is 1. The quantitative estimate of drug-likeness (QED) is 0.822. The third-order valence-electron chi connectivity index (χ3n) is 3.38. The van der Waals surface area contributed by atoms with Gasteiger partial charge >= 0.3 is 0 Å². The van der Waals surface area contributed by atoms with Crippen LogP contribution in [0.1, 0.15) is 20.7 Å². The Morgan fingerprint density at radius 3 is 2.58 bits per heavy atom. The lowest BCUT2D eigenvalue weighted by atomic mass is 10.2. The van der Waals surface area contributed by atoms with Crippen molar-refractivity contribution >= 4 is 44.1 Å². The zero-order chi connectivity index (χ0) is 17.5. The normalized spacial score (nSPS) is 15.2. The molecule has 124 valence electrons. The van der Waals surface area contributed by atoms with E-state index in [1.54, 1.807) is 11.4 Å². The number of nitrogens with zero attached hydrogens (tertiary/aromatic N) is 1. The molecule has 3 amide bonds. The minimum absolute atomic E-state index is 0.0271. The molecular formula is C14H11N3O5S2. The number of nitrogens with one attached hydrogen (secondary N) is 1. The fourth-order valence-corrected chi connectivity index (χ4v) is 4.62. The Kier molecular flexibility index (Phi) is 3.85. The summed E-state index contributed by atoms with van der Waals surface area (Å²) >= 11 is 1.07. The van der Waals surface area contributed by atoms with Crippen molar-refractivity contribution in [1.29, 1.82) is 0 Å². The summed E-state index contributed by atoms with van der Waals surface area (Å²) in [6.45, 7) is -0.689. The van der Waals surface area contributed by atoms with Crippen LogP contribution in [-0.2, 0) is 14.8 Å². The van der Waals surface area contributed by atoms with Gasteiger partial charge in [-0.2, -0.15) is 0 Å². The van der Waals surface area contributed by atoms with Crippen LogP contribution in [-0.4, -0.2) is 37.0 Å². The van der Waals surface area contributed by atoms with Gasteiger partial charge in [-0.05, 0) is 23.6 Å². The molecule has 0 unspecified atom stereocenters. The highest BCUT2D eigenvalue weighted by atomic mass is 32.2. The molecule has 1 aliphatic rings. The summed E-state index contributed by atoms with van der Waals surface area (Å²) in [5.74, 6) is -2.23. The minimum Gasteiger partial charge on any atom is -0.366 e. The van der Waals surface area contributed by atoms with Gasteiger partial charge < -0.3 is 11.1 Å². The Labute approximate surface area is 140 Å². The Balaban J connectivity index is 1.82. The van der Waals surface area contributed by atoms with E-state index in [0.717, 1.165) is 11.3 Å². The van der Waals surface area contributed by atoms with Crippen molar-refractivity contribution < 1.29 is 22.8 Å². The van der Waals surface area contributed by atoms with Crippen LogP contribution in [0.4, 0.5) is 5.00 Å². The maximum absolute atomic E-state index is 12.4. The van der Waals surface area contributed by atoms with E-state index in [0.29, 0.717) is 4.31 Å². The second-order valence-electron chi connectivity index (χ2n) is 4.89. The fraction of sp³-hybridized carbons (Fsp3) is 0.0714. The number of hydrogen-bond acceptors (Lipinski definition) is 6. The summed E-state index contributed by atoms with van der Waals surface area (Å²) in [5, 5.41) is 4.17. The first kappa shape index (κ1) is 16.1. The number of primary amides is 1. The predicted molar refractivity (Wildman–Crippen MR) is 86.1 cm³/mol. The molecule has 0 atom stereocenters. The molecule has 8 nitrogen and oxygen atoms in total. The molecule has 0 spiro atoms. The molecule has 0 saturated carbocycles. The van der Waals surface area contributed by atoms with Gasteiger partial charge in [-0.15, -0.1) is 11.3 Å². The van der Waals surface area contributed by atoms with Gasteiger partial charge in [0.2, 0.25) is 5.91 Å². The molecule has 24 heavy (non-hydrogen) atoms. The lowest BCUT2D eigenvalue weighted by Gasteiger charge is -2.14. The molecular weight excluding hydrogens is 354 g/mol. The van der Waals surface area contributed by atoms with E-state index >= 15 is 0 Å². The molecule has 2 aromatic rings. The van der Waals surface area contributed by atoms with Crippen molar-refractivity contribution in [3.63, 3.8) is 0 Å². The minimum atomic E-state index is -4.06. The molecule has 1 aromatic heterocycles. The number of fused-ring (bicyclic) bond motifs is 1. The first-order valence-electron chi connectivity index (χ1n) is 6.65.